The van der Waals surface area contributed by atoms with E-state index in [0.29, 0.717) is 16.5 Å². The number of hydrogen-bond acceptors (Lipinski definition) is 2. The van der Waals surface area contributed by atoms with E-state index in [1.54, 1.807) is 12.1 Å². The molecule has 0 saturated carbocycles. The maximum Gasteiger partial charge on any atom is 0.129 e. The van der Waals surface area contributed by atoms with Gasteiger partial charge in [-0.15, -0.1) is 0 Å². The van der Waals surface area contributed by atoms with Crippen LogP contribution in [0, 0.1) is 5.82 Å². The molecule has 72 valence electrons. The van der Waals surface area contributed by atoms with Crippen molar-refractivity contribution < 1.29 is 9.50 Å². The molecule has 0 aliphatic rings. The molecule has 0 heterocycles. The number of benzene rings is 1. The van der Waals surface area contributed by atoms with Gasteiger partial charge in [0.1, 0.15) is 5.82 Å². The molecular formula is C9H11BrFNO. The molecule has 3 N–H and O–H groups in total. The van der Waals surface area contributed by atoms with Crippen LogP contribution in [0.4, 0.5) is 4.39 Å². The summed E-state index contributed by atoms with van der Waals surface area (Å²) in [7, 11) is 0. The average molecular weight is 248 g/mol. The molecule has 0 bridgehead atoms. The van der Waals surface area contributed by atoms with Crippen molar-refractivity contribution in [2.45, 2.75) is 12.5 Å². The first kappa shape index (κ1) is 10.6. The molecule has 0 fully saturated rings. The minimum Gasteiger partial charge on any atom is -0.396 e. The summed E-state index contributed by atoms with van der Waals surface area (Å²) in [5, 5.41) is 8.66. The molecule has 0 radical (unpaired) electrons. The van der Waals surface area contributed by atoms with E-state index in [1.165, 1.54) is 6.07 Å². The monoisotopic (exact) mass is 247 g/mol. The van der Waals surface area contributed by atoms with Crippen LogP contribution in [0.25, 0.3) is 0 Å². The molecule has 0 aliphatic carbocycles. The van der Waals surface area contributed by atoms with Gasteiger partial charge in [-0.3, -0.25) is 0 Å². The van der Waals surface area contributed by atoms with Crippen LogP contribution < -0.4 is 5.73 Å². The molecule has 1 aromatic rings. The van der Waals surface area contributed by atoms with Crippen LogP contribution in [0.1, 0.15) is 18.0 Å². The second-order valence-electron chi connectivity index (χ2n) is 2.75. The van der Waals surface area contributed by atoms with Crippen molar-refractivity contribution in [3.8, 4) is 0 Å². The van der Waals surface area contributed by atoms with Gasteiger partial charge in [0, 0.05) is 22.7 Å². The van der Waals surface area contributed by atoms with Gasteiger partial charge >= 0.3 is 0 Å². The van der Waals surface area contributed by atoms with Gasteiger partial charge in [-0.25, -0.2) is 4.39 Å². The summed E-state index contributed by atoms with van der Waals surface area (Å²) in [6, 6.07) is 4.24. The zero-order chi connectivity index (χ0) is 9.84. The standard InChI is InChI=1S/C9H11BrFNO/c10-6-2-1-3-7(11)9(6)8(12)4-5-13/h1-3,8,13H,4-5,12H2/t8-/m1/s1. The highest BCUT2D eigenvalue weighted by Gasteiger charge is 2.13. The van der Waals surface area contributed by atoms with E-state index in [9.17, 15) is 4.39 Å². The normalized spacial score (nSPS) is 12.9. The lowest BCUT2D eigenvalue weighted by atomic mass is 10.0. The van der Waals surface area contributed by atoms with E-state index in [0.717, 1.165) is 0 Å². The fraction of sp³-hybridized carbons (Fsp3) is 0.333. The third kappa shape index (κ3) is 2.49. The van der Waals surface area contributed by atoms with E-state index in [1.807, 2.05) is 0 Å². The summed E-state index contributed by atoms with van der Waals surface area (Å²) >= 11 is 3.22. The zero-order valence-electron chi connectivity index (χ0n) is 7.00. The molecule has 0 spiro atoms. The molecule has 1 rings (SSSR count). The maximum absolute atomic E-state index is 13.2. The van der Waals surface area contributed by atoms with Gasteiger partial charge in [0.2, 0.25) is 0 Å². The molecule has 1 aromatic carbocycles. The van der Waals surface area contributed by atoms with Gasteiger partial charge in [0.05, 0.1) is 0 Å². The molecule has 0 unspecified atom stereocenters. The predicted octanol–water partition coefficient (Wildman–Crippen LogP) is 1.97. The number of rotatable bonds is 3. The summed E-state index contributed by atoms with van der Waals surface area (Å²) in [6.45, 7) is -0.0397. The van der Waals surface area contributed by atoms with E-state index in [-0.39, 0.29) is 12.4 Å². The Morgan fingerprint density at radius 3 is 2.77 bits per heavy atom. The van der Waals surface area contributed by atoms with Gasteiger partial charge in [-0.1, -0.05) is 22.0 Å². The first-order chi connectivity index (χ1) is 6.16. The van der Waals surface area contributed by atoms with Crippen molar-refractivity contribution in [1.29, 1.82) is 0 Å². The van der Waals surface area contributed by atoms with E-state index in [2.05, 4.69) is 15.9 Å². The van der Waals surface area contributed by atoms with Crippen LogP contribution in [0.3, 0.4) is 0 Å². The molecule has 2 nitrogen and oxygen atoms in total. The van der Waals surface area contributed by atoms with Gasteiger partial charge in [0.25, 0.3) is 0 Å². The Morgan fingerprint density at radius 1 is 1.54 bits per heavy atom. The molecule has 0 aliphatic heterocycles. The minimum atomic E-state index is -0.458. The molecule has 0 amide bonds. The van der Waals surface area contributed by atoms with Crippen LogP contribution in [-0.2, 0) is 0 Å². The predicted molar refractivity (Wildman–Crippen MR) is 52.7 cm³/mol. The second kappa shape index (κ2) is 4.69. The molecule has 1 atom stereocenters. The Balaban J connectivity index is 2.98. The highest BCUT2D eigenvalue weighted by Crippen LogP contribution is 2.26. The first-order valence-corrected chi connectivity index (χ1v) is 4.76. The van der Waals surface area contributed by atoms with Crippen LogP contribution in [-0.4, -0.2) is 11.7 Å². The molecule has 0 aromatic heterocycles. The fourth-order valence-corrected chi connectivity index (χ4v) is 1.78. The van der Waals surface area contributed by atoms with Crippen molar-refractivity contribution in [2.24, 2.45) is 5.73 Å². The summed E-state index contributed by atoms with van der Waals surface area (Å²) in [5.41, 5.74) is 6.10. The topological polar surface area (TPSA) is 46.2 Å². The average Bonchev–Trinajstić information content (AvgIpc) is 2.04. The highest BCUT2D eigenvalue weighted by atomic mass is 79.9. The summed E-state index contributed by atoms with van der Waals surface area (Å²) in [4.78, 5) is 0. The number of nitrogens with two attached hydrogens (primary N) is 1. The van der Waals surface area contributed by atoms with Crippen LogP contribution in [0.2, 0.25) is 0 Å². The SMILES string of the molecule is N[C@H](CCO)c1c(F)cccc1Br. The molecule has 4 heteroatoms. The van der Waals surface area contributed by atoms with Gasteiger partial charge in [0.15, 0.2) is 0 Å². The number of hydrogen-bond donors (Lipinski definition) is 2. The number of halogens is 2. The van der Waals surface area contributed by atoms with Gasteiger partial charge < -0.3 is 10.8 Å². The Bertz CT molecular complexity index is 273. The van der Waals surface area contributed by atoms with Crippen molar-refractivity contribution in [1.82, 2.24) is 0 Å². The summed E-state index contributed by atoms with van der Waals surface area (Å²) in [5.74, 6) is -0.338. The van der Waals surface area contributed by atoms with E-state index >= 15 is 0 Å². The third-order valence-electron chi connectivity index (χ3n) is 1.81. The first-order valence-electron chi connectivity index (χ1n) is 3.97. The Labute approximate surface area is 84.7 Å². The second-order valence-corrected chi connectivity index (χ2v) is 3.61. The fourth-order valence-electron chi connectivity index (χ4n) is 1.15. The number of aliphatic hydroxyl groups is 1. The highest BCUT2D eigenvalue weighted by molar-refractivity contribution is 9.10. The van der Waals surface area contributed by atoms with Crippen molar-refractivity contribution in [3.63, 3.8) is 0 Å². The van der Waals surface area contributed by atoms with Crippen LogP contribution >= 0.6 is 15.9 Å². The quantitative estimate of drug-likeness (QED) is 0.858. The smallest absolute Gasteiger partial charge is 0.129 e. The molecular weight excluding hydrogens is 237 g/mol. The number of aliphatic hydroxyl groups excluding tert-OH is 1. The largest absolute Gasteiger partial charge is 0.396 e. The van der Waals surface area contributed by atoms with Gasteiger partial charge in [-0.2, -0.15) is 0 Å². The minimum absolute atomic E-state index is 0.0397. The third-order valence-corrected chi connectivity index (χ3v) is 2.50. The van der Waals surface area contributed by atoms with E-state index < -0.39 is 6.04 Å². The Kier molecular flexibility index (Phi) is 3.84. The summed E-state index contributed by atoms with van der Waals surface area (Å²) in [6.07, 6.45) is 0.361. The van der Waals surface area contributed by atoms with Crippen LogP contribution in [0.15, 0.2) is 22.7 Å². The zero-order valence-corrected chi connectivity index (χ0v) is 8.59. The van der Waals surface area contributed by atoms with Crippen LogP contribution in [0.5, 0.6) is 0 Å². The maximum atomic E-state index is 13.2. The molecule has 13 heavy (non-hydrogen) atoms. The van der Waals surface area contributed by atoms with Crippen molar-refractivity contribution >= 4 is 15.9 Å². The molecule has 0 saturated heterocycles. The lowest BCUT2D eigenvalue weighted by Crippen LogP contribution is -2.14. The summed E-state index contributed by atoms with van der Waals surface area (Å²) < 4.78 is 13.9. The van der Waals surface area contributed by atoms with Crippen molar-refractivity contribution in [3.05, 3.63) is 34.1 Å². The Hall–Kier alpha value is -0.450. The lowest BCUT2D eigenvalue weighted by Gasteiger charge is -2.12. The van der Waals surface area contributed by atoms with E-state index in [4.69, 9.17) is 10.8 Å². The Morgan fingerprint density at radius 2 is 2.23 bits per heavy atom. The van der Waals surface area contributed by atoms with Crippen molar-refractivity contribution in [2.75, 3.05) is 6.61 Å². The lowest BCUT2D eigenvalue weighted by molar-refractivity contribution is 0.275. The van der Waals surface area contributed by atoms with Gasteiger partial charge in [-0.05, 0) is 18.6 Å².